The van der Waals surface area contributed by atoms with E-state index in [1.807, 2.05) is 18.2 Å². The van der Waals surface area contributed by atoms with E-state index >= 15 is 0 Å². The molecule has 4 aromatic rings. The Hall–Kier alpha value is -3.65. The van der Waals surface area contributed by atoms with Crippen LogP contribution in [0.1, 0.15) is 64.1 Å². The molecule has 196 valence electrons. The van der Waals surface area contributed by atoms with Crippen LogP contribution in [0, 0.1) is 11.8 Å². The zero-order chi connectivity index (χ0) is 26.4. The van der Waals surface area contributed by atoms with E-state index in [-0.39, 0.29) is 17.0 Å². The minimum Gasteiger partial charge on any atom is -0.324 e. The van der Waals surface area contributed by atoms with Crippen molar-refractivity contribution >= 4 is 22.5 Å². The molecular weight excluding hydrogens is 474 g/mol. The van der Waals surface area contributed by atoms with Gasteiger partial charge >= 0.3 is 0 Å². The van der Waals surface area contributed by atoms with E-state index in [4.69, 9.17) is 10.1 Å². The van der Waals surface area contributed by atoms with Gasteiger partial charge < -0.3 is 10.6 Å². The van der Waals surface area contributed by atoms with Crippen molar-refractivity contribution in [2.75, 3.05) is 11.9 Å². The number of nitrogens with one attached hydrogen (secondary N) is 2. The largest absolute Gasteiger partial charge is 0.324 e. The van der Waals surface area contributed by atoms with Gasteiger partial charge in [-0.25, -0.2) is 14.6 Å². The van der Waals surface area contributed by atoms with Crippen molar-refractivity contribution in [1.29, 1.82) is 0 Å². The highest BCUT2D eigenvalue weighted by molar-refractivity contribution is 5.89. The maximum absolute atomic E-state index is 13.8. The van der Waals surface area contributed by atoms with Crippen molar-refractivity contribution in [1.82, 2.24) is 30.0 Å². The third-order valence-corrected chi connectivity index (χ3v) is 8.31. The van der Waals surface area contributed by atoms with Crippen LogP contribution in [0.2, 0.25) is 0 Å². The second-order valence-electron chi connectivity index (χ2n) is 11.6. The molecule has 1 fully saturated rings. The topological polar surface area (TPSA) is 97.6 Å². The Morgan fingerprint density at radius 2 is 1.89 bits per heavy atom. The molecule has 4 heterocycles. The van der Waals surface area contributed by atoms with Crippen LogP contribution in [-0.2, 0) is 12.0 Å². The van der Waals surface area contributed by atoms with E-state index in [1.165, 1.54) is 17.5 Å². The number of aromatic nitrogens is 5. The molecular formula is C30H35N7O. The van der Waals surface area contributed by atoms with Gasteiger partial charge in [0.05, 0.1) is 17.1 Å². The van der Waals surface area contributed by atoms with Crippen LogP contribution in [0.5, 0.6) is 0 Å². The first-order valence-corrected chi connectivity index (χ1v) is 13.6. The fourth-order valence-corrected chi connectivity index (χ4v) is 6.34. The summed E-state index contributed by atoms with van der Waals surface area (Å²) in [6, 6.07) is 12.2. The number of anilines is 2. The highest BCUT2D eigenvalue weighted by atomic mass is 16.1. The molecule has 1 aliphatic heterocycles. The predicted molar refractivity (Wildman–Crippen MR) is 150 cm³/mol. The number of rotatable bonds is 4. The summed E-state index contributed by atoms with van der Waals surface area (Å²) >= 11 is 0. The molecule has 2 unspecified atom stereocenters. The second kappa shape index (κ2) is 9.58. The zero-order valence-electron chi connectivity index (χ0n) is 22.5. The molecule has 1 aliphatic carbocycles. The lowest BCUT2D eigenvalue weighted by atomic mass is 9.79. The van der Waals surface area contributed by atoms with Gasteiger partial charge in [-0.3, -0.25) is 9.78 Å². The smallest absolute Gasteiger partial charge is 0.278 e. The third-order valence-electron chi connectivity index (χ3n) is 8.31. The standard InChI is InChI=1S/C30H35N7O/c1-18-8-7-9-19(2)27(18)37-28(38)22-16-33-29(35-25(22)26(36-37)24-10-5-6-13-32-24)34-21-11-12-23-20(14-21)15-31-17-30(23,3)4/h5-6,10-14,16,18-19,27,31H,7-9,15,17H2,1-4H3,(H,33,34,35). The Bertz CT molecular complexity index is 1540. The van der Waals surface area contributed by atoms with Crippen LogP contribution in [0.4, 0.5) is 11.6 Å². The minimum absolute atomic E-state index is 0.0364. The van der Waals surface area contributed by atoms with Gasteiger partial charge in [-0.05, 0) is 60.1 Å². The molecule has 1 saturated carbocycles. The van der Waals surface area contributed by atoms with Gasteiger partial charge in [0.1, 0.15) is 11.2 Å². The number of nitrogens with zero attached hydrogens (tertiary/aromatic N) is 5. The lowest BCUT2D eigenvalue weighted by Gasteiger charge is -2.35. The first-order chi connectivity index (χ1) is 18.3. The Labute approximate surface area is 222 Å². The Kier molecular flexibility index (Phi) is 6.22. The van der Waals surface area contributed by atoms with Crippen LogP contribution in [-0.4, -0.2) is 31.3 Å². The van der Waals surface area contributed by atoms with Crippen molar-refractivity contribution in [2.45, 2.75) is 65.0 Å². The summed E-state index contributed by atoms with van der Waals surface area (Å²) in [7, 11) is 0. The Balaban J connectivity index is 1.45. The van der Waals surface area contributed by atoms with Gasteiger partial charge in [0.25, 0.3) is 5.56 Å². The van der Waals surface area contributed by atoms with Crippen molar-refractivity contribution in [3.05, 3.63) is 70.3 Å². The highest BCUT2D eigenvalue weighted by Crippen LogP contribution is 2.38. The molecule has 2 N–H and O–H groups in total. The molecule has 0 bridgehead atoms. The molecule has 6 rings (SSSR count). The van der Waals surface area contributed by atoms with E-state index in [9.17, 15) is 4.79 Å². The molecule has 0 amide bonds. The number of hydrogen-bond acceptors (Lipinski definition) is 7. The Morgan fingerprint density at radius 3 is 2.66 bits per heavy atom. The van der Waals surface area contributed by atoms with Gasteiger partial charge in [0, 0.05) is 36.6 Å². The van der Waals surface area contributed by atoms with Crippen LogP contribution in [0.25, 0.3) is 22.3 Å². The van der Waals surface area contributed by atoms with Gasteiger partial charge in [0.15, 0.2) is 0 Å². The summed E-state index contributed by atoms with van der Waals surface area (Å²) < 4.78 is 1.69. The monoisotopic (exact) mass is 509 g/mol. The SMILES string of the molecule is CC1CCCC(C)C1n1nc(-c2ccccn2)c2nc(Nc3ccc4c(c3)CNCC4(C)C)ncc2c1=O. The van der Waals surface area contributed by atoms with Crippen molar-refractivity contribution in [2.24, 2.45) is 11.8 Å². The quantitative estimate of drug-likeness (QED) is 0.382. The van der Waals surface area contributed by atoms with Gasteiger partial charge in [-0.1, -0.05) is 46.2 Å². The van der Waals surface area contributed by atoms with Crippen molar-refractivity contribution < 1.29 is 0 Å². The Morgan fingerprint density at radius 1 is 1.08 bits per heavy atom. The van der Waals surface area contributed by atoms with E-state index in [0.717, 1.165) is 31.6 Å². The van der Waals surface area contributed by atoms with Crippen LogP contribution in [0.15, 0.2) is 53.6 Å². The molecule has 0 saturated heterocycles. The first-order valence-electron chi connectivity index (χ1n) is 13.6. The lowest BCUT2D eigenvalue weighted by Crippen LogP contribution is -2.38. The first kappa shape index (κ1) is 24.7. The van der Waals surface area contributed by atoms with Crippen molar-refractivity contribution in [3.8, 4) is 11.4 Å². The minimum atomic E-state index is -0.140. The number of hydrogen-bond donors (Lipinski definition) is 2. The predicted octanol–water partition coefficient (Wildman–Crippen LogP) is 5.37. The highest BCUT2D eigenvalue weighted by Gasteiger charge is 2.32. The van der Waals surface area contributed by atoms with Crippen molar-refractivity contribution in [3.63, 3.8) is 0 Å². The maximum Gasteiger partial charge on any atom is 0.278 e. The molecule has 0 spiro atoms. The summed E-state index contributed by atoms with van der Waals surface area (Å²) in [5.41, 5.74) is 5.28. The van der Waals surface area contributed by atoms with Crippen LogP contribution < -0.4 is 16.2 Å². The molecule has 3 aromatic heterocycles. The average Bonchev–Trinajstić information content (AvgIpc) is 2.90. The van der Waals surface area contributed by atoms with Gasteiger partial charge in [-0.15, -0.1) is 0 Å². The molecule has 8 heteroatoms. The summed E-state index contributed by atoms with van der Waals surface area (Å²) in [5.74, 6) is 1.16. The van der Waals surface area contributed by atoms with E-state index in [0.29, 0.717) is 40.1 Å². The maximum atomic E-state index is 13.8. The average molecular weight is 510 g/mol. The molecule has 38 heavy (non-hydrogen) atoms. The molecule has 2 atom stereocenters. The second-order valence-corrected chi connectivity index (χ2v) is 11.6. The summed E-state index contributed by atoms with van der Waals surface area (Å²) in [4.78, 5) is 27.7. The van der Waals surface area contributed by atoms with Gasteiger partial charge in [-0.2, -0.15) is 5.10 Å². The van der Waals surface area contributed by atoms with E-state index in [2.05, 4.69) is 66.5 Å². The summed E-state index contributed by atoms with van der Waals surface area (Å²) in [6.45, 7) is 10.7. The number of benzene rings is 1. The molecule has 2 aliphatic rings. The molecule has 0 radical (unpaired) electrons. The number of fused-ring (bicyclic) bond motifs is 2. The van der Waals surface area contributed by atoms with Crippen LogP contribution in [0.3, 0.4) is 0 Å². The fourth-order valence-electron chi connectivity index (χ4n) is 6.34. The summed E-state index contributed by atoms with van der Waals surface area (Å²) in [6.07, 6.45) is 6.74. The zero-order valence-corrected chi connectivity index (χ0v) is 22.5. The third kappa shape index (κ3) is 4.36. The molecule has 1 aromatic carbocycles. The lowest BCUT2D eigenvalue weighted by molar-refractivity contribution is 0.165. The fraction of sp³-hybridized carbons (Fsp3) is 0.433. The summed E-state index contributed by atoms with van der Waals surface area (Å²) in [5, 5.41) is 12.3. The van der Waals surface area contributed by atoms with E-state index < -0.39 is 0 Å². The van der Waals surface area contributed by atoms with E-state index in [1.54, 1.807) is 17.1 Å². The number of pyridine rings is 1. The molecule has 8 nitrogen and oxygen atoms in total. The van der Waals surface area contributed by atoms with Crippen LogP contribution >= 0.6 is 0 Å². The van der Waals surface area contributed by atoms with Gasteiger partial charge in [0.2, 0.25) is 5.95 Å². The normalized spacial score (nSPS) is 22.7.